The molecule has 0 heterocycles. The predicted molar refractivity (Wildman–Crippen MR) is 42.6 cm³/mol. The molecular formula is C9H8O2. The second-order valence-electron chi connectivity index (χ2n) is 1.95. The summed E-state index contributed by atoms with van der Waals surface area (Å²) in [5.74, 6) is 0. The molecule has 1 rings (SSSR count). The van der Waals surface area contributed by atoms with Crippen molar-refractivity contribution in [1.82, 2.24) is 0 Å². The second-order valence-corrected chi connectivity index (χ2v) is 1.95. The third kappa shape index (κ3) is 2.67. The van der Waals surface area contributed by atoms with Gasteiger partial charge in [0, 0.05) is 0 Å². The molecule has 0 N–H and O–H groups in total. The van der Waals surface area contributed by atoms with E-state index in [2.05, 4.69) is 4.74 Å². The second kappa shape index (κ2) is 4.28. The van der Waals surface area contributed by atoms with E-state index in [1.807, 2.05) is 30.3 Å². The van der Waals surface area contributed by atoms with Crippen molar-refractivity contribution in [1.29, 1.82) is 0 Å². The Hall–Kier alpha value is -1.57. The van der Waals surface area contributed by atoms with E-state index < -0.39 is 0 Å². The van der Waals surface area contributed by atoms with Gasteiger partial charge in [0.2, 0.25) is 0 Å². The van der Waals surface area contributed by atoms with Crippen LogP contribution in [0.1, 0.15) is 5.56 Å². The summed E-state index contributed by atoms with van der Waals surface area (Å²) >= 11 is 0. The lowest BCUT2D eigenvalue weighted by molar-refractivity contribution is -0.123. The van der Waals surface area contributed by atoms with E-state index in [0.29, 0.717) is 6.47 Å². The van der Waals surface area contributed by atoms with Gasteiger partial charge < -0.3 is 4.74 Å². The summed E-state index contributed by atoms with van der Waals surface area (Å²) in [7, 11) is 0. The van der Waals surface area contributed by atoms with Gasteiger partial charge in [-0.2, -0.15) is 0 Å². The van der Waals surface area contributed by atoms with Gasteiger partial charge in [-0.3, -0.25) is 4.79 Å². The molecule has 0 amide bonds. The smallest absolute Gasteiger partial charge is 0.297 e. The van der Waals surface area contributed by atoms with Crippen molar-refractivity contribution < 1.29 is 9.53 Å². The third-order valence-electron chi connectivity index (χ3n) is 1.19. The molecule has 0 aliphatic rings. The van der Waals surface area contributed by atoms with Crippen LogP contribution in [-0.4, -0.2) is 6.47 Å². The van der Waals surface area contributed by atoms with Gasteiger partial charge in [-0.15, -0.1) is 0 Å². The van der Waals surface area contributed by atoms with Gasteiger partial charge >= 0.3 is 0 Å². The van der Waals surface area contributed by atoms with Crippen molar-refractivity contribution >= 4 is 12.5 Å². The summed E-state index contributed by atoms with van der Waals surface area (Å²) in [4.78, 5) is 9.72. The van der Waals surface area contributed by atoms with E-state index in [1.54, 1.807) is 6.08 Å². The third-order valence-corrected chi connectivity index (χ3v) is 1.19. The molecule has 0 radical (unpaired) electrons. The fraction of sp³-hybridized carbons (Fsp3) is 0. The van der Waals surface area contributed by atoms with Gasteiger partial charge in [-0.1, -0.05) is 30.3 Å². The van der Waals surface area contributed by atoms with Crippen molar-refractivity contribution in [3.8, 4) is 0 Å². The highest BCUT2D eigenvalue weighted by Gasteiger charge is 1.80. The molecule has 0 bridgehead atoms. The summed E-state index contributed by atoms with van der Waals surface area (Å²) in [6.07, 6.45) is 3.07. The van der Waals surface area contributed by atoms with Crippen molar-refractivity contribution in [3.05, 3.63) is 42.2 Å². The predicted octanol–water partition coefficient (Wildman–Crippen LogP) is 1.83. The molecule has 56 valence electrons. The topological polar surface area (TPSA) is 26.3 Å². The quantitative estimate of drug-likeness (QED) is 0.483. The van der Waals surface area contributed by atoms with E-state index in [0.717, 1.165) is 5.56 Å². The highest BCUT2D eigenvalue weighted by atomic mass is 16.5. The lowest BCUT2D eigenvalue weighted by Gasteiger charge is -1.88. The van der Waals surface area contributed by atoms with Crippen LogP contribution in [0, 0.1) is 0 Å². The molecule has 1 aromatic carbocycles. The Morgan fingerprint density at radius 3 is 2.55 bits per heavy atom. The number of benzene rings is 1. The zero-order chi connectivity index (χ0) is 7.94. The van der Waals surface area contributed by atoms with Crippen molar-refractivity contribution in [2.45, 2.75) is 0 Å². The maximum absolute atomic E-state index is 9.72. The molecule has 0 atom stereocenters. The molecule has 0 fully saturated rings. The van der Waals surface area contributed by atoms with Crippen molar-refractivity contribution in [2.24, 2.45) is 0 Å². The normalized spacial score (nSPS) is 9.82. The lowest BCUT2D eigenvalue weighted by atomic mass is 10.2. The Labute approximate surface area is 65.1 Å². The zero-order valence-electron chi connectivity index (χ0n) is 5.94. The first-order valence-electron chi connectivity index (χ1n) is 3.24. The van der Waals surface area contributed by atoms with E-state index in [4.69, 9.17) is 0 Å². The Bertz CT molecular complexity index is 239. The van der Waals surface area contributed by atoms with Crippen LogP contribution in [0.25, 0.3) is 6.08 Å². The number of carbonyl (C=O) groups excluding carboxylic acids is 1. The maximum atomic E-state index is 9.72. The minimum atomic E-state index is 0.388. The van der Waals surface area contributed by atoms with Crippen LogP contribution in [-0.2, 0) is 9.53 Å². The Kier molecular flexibility index (Phi) is 2.93. The Balaban J connectivity index is 2.57. The lowest BCUT2D eigenvalue weighted by Crippen LogP contribution is -1.73. The van der Waals surface area contributed by atoms with E-state index >= 15 is 0 Å². The largest absolute Gasteiger partial charge is 0.437 e. The molecular weight excluding hydrogens is 140 g/mol. The zero-order valence-corrected chi connectivity index (χ0v) is 5.94. The van der Waals surface area contributed by atoms with Gasteiger partial charge in [-0.05, 0) is 11.6 Å². The monoisotopic (exact) mass is 148 g/mol. The van der Waals surface area contributed by atoms with Crippen LogP contribution < -0.4 is 0 Å². The first-order chi connectivity index (χ1) is 5.43. The molecule has 0 spiro atoms. The summed E-state index contributed by atoms with van der Waals surface area (Å²) in [5.41, 5.74) is 1.01. The molecule has 0 aliphatic heterocycles. The Morgan fingerprint density at radius 2 is 1.91 bits per heavy atom. The van der Waals surface area contributed by atoms with Crippen LogP contribution >= 0.6 is 0 Å². The summed E-state index contributed by atoms with van der Waals surface area (Å²) < 4.78 is 4.38. The van der Waals surface area contributed by atoms with Crippen LogP contribution in [0.5, 0.6) is 0 Å². The van der Waals surface area contributed by atoms with Crippen LogP contribution in [0.3, 0.4) is 0 Å². The highest BCUT2D eigenvalue weighted by Crippen LogP contribution is 1.99. The first kappa shape index (κ1) is 7.54. The minimum absolute atomic E-state index is 0.388. The molecule has 0 aliphatic carbocycles. The standard InChI is InChI=1S/C9H8O2/c10-8-11-7-6-9-4-2-1-3-5-9/h1-8H. The van der Waals surface area contributed by atoms with E-state index in [9.17, 15) is 4.79 Å². The van der Waals surface area contributed by atoms with Crippen molar-refractivity contribution in [2.75, 3.05) is 0 Å². The van der Waals surface area contributed by atoms with Gasteiger partial charge in [0.1, 0.15) is 0 Å². The molecule has 11 heavy (non-hydrogen) atoms. The minimum Gasteiger partial charge on any atom is -0.437 e. The number of ether oxygens (including phenoxy) is 1. The number of carbonyl (C=O) groups is 1. The molecule has 2 nitrogen and oxygen atoms in total. The van der Waals surface area contributed by atoms with Gasteiger partial charge in [0.15, 0.2) is 0 Å². The average Bonchev–Trinajstić information content (AvgIpc) is 2.07. The fourth-order valence-corrected chi connectivity index (χ4v) is 0.714. The Morgan fingerprint density at radius 1 is 1.18 bits per heavy atom. The van der Waals surface area contributed by atoms with Gasteiger partial charge in [0.05, 0.1) is 6.26 Å². The molecule has 0 unspecified atom stereocenters. The van der Waals surface area contributed by atoms with E-state index in [-0.39, 0.29) is 0 Å². The first-order valence-corrected chi connectivity index (χ1v) is 3.24. The molecule has 2 heteroatoms. The van der Waals surface area contributed by atoms with Gasteiger partial charge in [0.25, 0.3) is 6.47 Å². The highest BCUT2D eigenvalue weighted by molar-refractivity contribution is 5.49. The number of hydrogen-bond acceptors (Lipinski definition) is 2. The molecule has 0 saturated heterocycles. The summed E-state index contributed by atoms with van der Waals surface area (Å²) in [6, 6.07) is 9.61. The number of rotatable bonds is 3. The van der Waals surface area contributed by atoms with Crippen LogP contribution in [0.4, 0.5) is 0 Å². The molecule has 1 aromatic rings. The number of hydrogen-bond donors (Lipinski definition) is 0. The molecule has 0 saturated carbocycles. The summed E-state index contributed by atoms with van der Waals surface area (Å²) in [5, 5.41) is 0. The van der Waals surface area contributed by atoms with E-state index in [1.165, 1.54) is 6.26 Å². The maximum Gasteiger partial charge on any atom is 0.297 e. The summed E-state index contributed by atoms with van der Waals surface area (Å²) in [6.45, 7) is 0.388. The van der Waals surface area contributed by atoms with Crippen LogP contribution in [0.15, 0.2) is 36.6 Å². The fourth-order valence-electron chi connectivity index (χ4n) is 0.714. The van der Waals surface area contributed by atoms with Crippen LogP contribution in [0.2, 0.25) is 0 Å². The van der Waals surface area contributed by atoms with Gasteiger partial charge in [-0.25, -0.2) is 0 Å². The SMILES string of the molecule is O=COC=Cc1ccccc1. The van der Waals surface area contributed by atoms with Crippen molar-refractivity contribution in [3.63, 3.8) is 0 Å². The molecule has 0 aromatic heterocycles. The average molecular weight is 148 g/mol.